The van der Waals surface area contributed by atoms with Crippen molar-refractivity contribution in [3.63, 3.8) is 0 Å². The van der Waals surface area contributed by atoms with Crippen molar-refractivity contribution in [2.45, 2.75) is 19.4 Å². The fourth-order valence-electron chi connectivity index (χ4n) is 2.35. The number of benzene rings is 1. The van der Waals surface area contributed by atoms with Crippen molar-refractivity contribution in [3.05, 3.63) is 35.4 Å². The maximum atomic E-state index is 10.6. The van der Waals surface area contributed by atoms with Gasteiger partial charge in [-0.1, -0.05) is 12.1 Å². The average molecular weight is 244 g/mol. The highest BCUT2D eigenvalue weighted by atomic mass is 16.4. The molecule has 0 saturated carbocycles. The van der Waals surface area contributed by atoms with Gasteiger partial charge in [-0.2, -0.15) is 5.26 Å². The molecule has 1 N–H and O–H groups in total. The van der Waals surface area contributed by atoms with Gasteiger partial charge < -0.3 is 5.11 Å². The van der Waals surface area contributed by atoms with E-state index < -0.39 is 5.97 Å². The predicted molar refractivity (Wildman–Crippen MR) is 66.9 cm³/mol. The van der Waals surface area contributed by atoms with Gasteiger partial charge in [0.1, 0.15) is 0 Å². The standard InChI is InChI=1S/C14H16N2O2/c1-10(13-4-2-11(7-15)3-5-13)16-8-12(9-16)6-14(17)18/h2-5,10,12H,6,8-9H2,1H3,(H,17,18). The van der Waals surface area contributed by atoms with Gasteiger partial charge in [-0.3, -0.25) is 9.69 Å². The first kappa shape index (κ1) is 12.6. The van der Waals surface area contributed by atoms with Crippen LogP contribution in [0.4, 0.5) is 0 Å². The van der Waals surface area contributed by atoms with Gasteiger partial charge in [0.05, 0.1) is 18.1 Å². The van der Waals surface area contributed by atoms with Crippen LogP contribution in [0.25, 0.3) is 0 Å². The minimum absolute atomic E-state index is 0.261. The topological polar surface area (TPSA) is 64.3 Å². The third kappa shape index (κ3) is 2.69. The van der Waals surface area contributed by atoms with E-state index in [-0.39, 0.29) is 18.4 Å². The normalized spacial score (nSPS) is 17.8. The number of hydrogen-bond donors (Lipinski definition) is 1. The van der Waals surface area contributed by atoms with Gasteiger partial charge in [0.15, 0.2) is 0 Å². The van der Waals surface area contributed by atoms with Crippen LogP contribution in [0.1, 0.15) is 30.5 Å². The average Bonchev–Trinajstić information content (AvgIpc) is 2.32. The Morgan fingerprint density at radius 3 is 2.61 bits per heavy atom. The van der Waals surface area contributed by atoms with Crippen molar-refractivity contribution < 1.29 is 9.90 Å². The first-order valence-electron chi connectivity index (χ1n) is 6.06. The van der Waals surface area contributed by atoms with Crippen molar-refractivity contribution in [3.8, 4) is 6.07 Å². The lowest BCUT2D eigenvalue weighted by Gasteiger charge is -2.42. The van der Waals surface area contributed by atoms with Crippen LogP contribution in [0, 0.1) is 17.2 Å². The zero-order chi connectivity index (χ0) is 13.1. The molecule has 0 aliphatic carbocycles. The van der Waals surface area contributed by atoms with Gasteiger partial charge in [0.2, 0.25) is 0 Å². The lowest BCUT2D eigenvalue weighted by Crippen LogP contribution is -2.48. The van der Waals surface area contributed by atoms with Crippen molar-refractivity contribution >= 4 is 5.97 Å². The molecular weight excluding hydrogens is 228 g/mol. The van der Waals surface area contributed by atoms with Gasteiger partial charge in [0.25, 0.3) is 0 Å². The molecule has 18 heavy (non-hydrogen) atoms. The molecule has 1 atom stereocenters. The van der Waals surface area contributed by atoms with Crippen molar-refractivity contribution in [1.29, 1.82) is 5.26 Å². The summed E-state index contributed by atoms with van der Waals surface area (Å²) in [5.74, 6) is -0.436. The van der Waals surface area contributed by atoms with Gasteiger partial charge in [0, 0.05) is 19.1 Å². The molecule has 0 amide bonds. The minimum atomic E-state index is -0.717. The Labute approximate surface area is 106 Å². The maximum absolute atomic E-state index is 10.6. The lowest BCUT2D eigenvalue weighted by molar-refractivity contribution is -0.139. The van der Waals surface area contributed by atoms with Crippen LogP contribution in [0.15, 0.2) is 24.3 Å². The first-order chi connectivity index (χ1) is 8.60. The van der Waals surface area contributed by atoms with Crippen LogP contribution in [-0.2, 0) is 4.79 Å². The molecule has 1 aromatic carbocycles. The van der Waals surface area contributed by atoms with E-state index in [1.54, 1.807) is 0 Å². The zero-order valence-electron chi connectivity index (χ0n) is 10.3. The highest BCUT2D eigenvalue weighted by Gasteiger charge is 2.32. The van der Waals surface area contributed by atoms with E-state index in [0.717, 1.165) is 13.1 Å². The summed E-state index contributed by atoms with van der Waals surface area (Å²) in [5.41, 5.74) is 1.83. The fraction of sp³-hybridized carbons (Fsp3) is 0.429. The third-order valence-electron chi connectivity index (χ3n) is 3.52. The molecule has 1 aromatic rings. The van der Waals surface area contributed by atoms with Crippen LogP contribution in [0.2, 0.25) is 0 Å². The number of nitrogens with zero attached hydrogens (tertiary/aromatic N) is 2. The summed E-state index contributed by atoms with van der Waals surface area (Å²) in [7, 11) is 0. The highest BCUT2D eigenvalue weighted by Crippen LogP contribution is 2.29. The minimum Gasteiger partial charge on any atom is -0.481 e. The Hall–Kier alpha value is -1.86. The van der Waals surface area contributed by atoms with Crippen molar-refractivity contribution in [1.82, 2.24) is 4.90 Å². The molecule has 1 heterocycles. The van der Waals surface area contributed by atoms with E-state index in [0.29, 0.717) is 5.56 Å². The van der Waals surface area contributed by atoms with Gasteiger partial charge in [-0.05, 0) is 30.5 Å². The molecule has 0 aromatic heterocycles. The fourth-order valence-corrected chi connectivity index (χ4v) is 2.35. The van der Waals surface area contributed by atoms with Crippen molar-refractivity contribution in [2.24, 2.45) is 5.92 Å². The number of carboxylic acid groups (broad SMARTS) is 1. The summed E-state index contributed by atoms with van der Waals surface area (Å²) in [4.78, 5) is 12.8. The summed E-state index contributed by atoms with van der Waals surface area (Å²) in [6.45, 7) is 3.79. The molecular formula is C14H16N2O2. The van der Waals surface area contributed by atoms with Gasteiger partial charge >= 0.3 is 5.97 Å². The summed E-state index contributed by atoms with van der Waals surface area (Å²) >= 11 is 0. The Morgan fingerprint density at radius 2 is 2.11 bits per heavy atom. The van der Waals surface area contributed by atoms with Gasteiger partial charge in [-0.15, -0.1) is 0 Å². The Balaban J connectivity index is 1.91. The molecule has 1 fully saturated rings. The molecule has 4 heteroatoms. The molecule has 1 aliphatic heterocycles. The van der Waals surface area contributed by atoms with Crippen LogP contribution in [-0.4, -0.2) is 29.1 Å². The maximum Gasteiger partial charge on any atom is 0.303 e. The smallest absolute Gasteiger partial charge is 0.303 e. The monoisotopic (exact) mass is 244 g/mol. The number of carboxylic acids is 1. The number of hydrogen-bond acceptors (Lipinski definition) is 3. The van der Waals surface area contributed by atoms with E-state index in [1.165, 1.54) is 5.56 Å². The largest absolute Gasteiger partial charge is 0.481 e. The van der Waals surface area contributed by atoms with Crippen LogP contribution >= 0.6 is 0 Å². The molecule has 2 rings (SSSR count). The molecule has 0 radical (unpaired) electrons. The summed E-state index contributed by atoms with van der Waals surface area (Å²) < 4.78 is 0. The van der Waals surface area contributed by atoms with E-state index in [2.05, 4.69) is 17.9 Å². The number of aliphatic carboxylic acids is 1. The van der Waals surface area contributed by atoms with Crippen LogP contribution in [0.5, 0.6) is 0 Å². The van der Waals surface area contributed by atoms with Crippen LogP contribution in [0.3, 0.4) is 0 Å². The Kier molecular flexibility index (Phi) is 3.63. The molecule has 4 nitrogen and oxygen atoms in total. The van der Waals surface area contributed by atoms with Crippen LogP contribution < -0.4 is 0 Å². The molecule has 1 aliphatic rings. The number of nitriles is 1. The Bertz CT molecular complexity index is 470. The van der Waals surface area contributed by atoms with E-state index in [9.17, 15) is 4.79 Å². The lowest BCUT2D eigenvalue weighted by atomic mass is 9.92. The summed E-state index contributed by atoms with van der Waals surface area (Å²) in [6, 6.07) is 9.95. The second kappa shape index (κ2) is 5.19. The second-order valence-corrected chi connectivity index (χ2v) is 4.83. The van der Waals surface area contributed by atoms with Gasteiger partial charge in [-0.25, -0.2) is 0 Å². The molecule has 0 spiro atoms. The highest BCUT2D eigenvalue weighted by molar-refractivity contribution is 5.67. The summed E-state index contributed by atoms with van der Waals surface area (Å²) in [5, 5.41) is 17.4. The zero-order valence-corrected chi connectivity index (χ0v) is 10.3. The number of carbonyl (C=O) groups is 1. The van der Waals surface area contributed by atoms with E-state index in [4.69, 9.17) is 10.4 Å². The SMILES string of the molecule is CC(c1ccc(C#N)cc1)N1CC(CC(=O)O)C1. The molecule has 0 bridgehead atoms. The predicted octanol–water partition coefficient (Wildman–Crippen LogP) is 2.03. The second-order valence-electron chi connectivity index (χ2n) is 4.83. The number of likely N-dealkylation sites (tertiary alicyclic amines) is 1. The molecule has 1 unspecified atom stereocenters. The molecule has 94 valence electrons. The Morgan fingerprint density at radius 1 is 1.50 bits per heavy atom. The number of rotatable bonds is 4. The van der Waals surface area contributed by atoms with E-state index in [1.807, 2.05) is 24.3 Å². The van der Waals surface area contributed by atoms with Crippen molar-refractivity contribution in [2.75, 3.05) is 13.1 Å². The molecule has 1 saturated heterocycles. The first-order valence-corrected chi connectivity index (χ1v) is 6.06. The van der Waals surface area contributed by atoms with E-state index >= 15 is 0 Å². The summed E-state index contributed by atoms with van der Waals surface area (Å²) in [6.07, 6.45) is 0.261. The third-order valence-corrected chi connectivity index (χ3v) is 3.52. The quantitative estimate of drug-likeness (QED) is 0.880.